The summed E-state index contributed by atoms with van der Waals surface area (Å²) in [4.78, 5) is 21.7. The number of hydrogen-bond donors (Lipinski definition) is 0. The molecule has 150 valence electrons. The van der Waals surface area contributed by atoms with Gasteiger partial charge in [0.25, 0.3) is 5.91 Å². The number of likely N-dealkylation sites (tertiary alicyclic amines) is 1. The van der Waals surface area contributed by atoms with E-state index in [2.05, 4.69) is 11.1 Å². The highest BCUT2D eigenvalue weighted by atomic mass is 32.1. The van der Waals surface area contributed by atoms with Gasteiger partial charge in [-0.1, -0.05) is 24.3 Å². The maximum absolute atomic E-state index is 13.2. The first kappa shape index (κ1) is 17.7. The topological polar surface area (TPSA) is 55.6 Å². The second kappa shape index (κ2) is 6.99. The molecule has 0 radical (unpaired) electrons. The lowest BCUT2D eigenvalue weighted by Crippen LogP contribution is -2.37. The molecule has 0 aliphatic carbocycles. The number of oxazole rings is 1. The number of amides is 1. The second-order valence-corrected chi connectivity index (χ2v) is 8.89. The Morgan fingerprint density at radius 3 is 2.73 bits per heavy atom. The smallest absolute Gasteiger partial charge is 0.263 e. The van der Waals surface area contributed by atoms with Crippen LogP contribution < -0.4 is 4.74 Å². The number of ether oxygens (including phenoxy) is 1. The van der Waals surface area contributed by atoms with Gasteiger partial charge in [0.1, 0.15) is 17.9 Å². The molecule has 2 aliphatic heterocycles. The molecule has 1 amide bonds. The van der Waals surface area contributed by atoms with E-state index in [1.54, 1.807) is 11.3 Å². The van der Waals surface area contributed by atoms with E-state index < -0.39 is 0 Å². The molecule has 1 fully saturated rings. The molecule has 1 saturated heterocycles. The van der Waals surface area contributed by atoms with E-state index in [0.29, 0.717) is 6.61 Å². The molecule has 0 N–H and O–H groups in total. The van der Waals surface area contributed by atoms with Crippen LogP contribution in [-0.4, -0.2) is 28.9 Å². The van der Waals surface area contributed by atoms with Crippen molar-refractivity contribution in [2.75, 3.05) is 13.1 Å². The zero-order chi connectivity index (χ0) is 20.1. The summed E-state index contributed by atoms with van der Waals surface area (Å²) in [5, 5.41) is 0. The lowest BCUT2D eigenvalue weighted by atomic mass is 9.96. The molecule has 6 rings (SSSR count). The Kier molecular flexibility index (Phi) is 4.13. The van der Waals surface area contributed by atoms with Crippen molar-refractivity contribution < 1.29 is 13.9 Å². The Balaban J connectivity index is 1.19. The Morgan fingerprint density at radius 1 is 1.07 bits per heavy atom. The van der Waals surface area contributed by atoms with Gasteiger partial charge < -0.3 is 14.1 Å². The fourth-order valence-electron chi connectivity index (χ4n) is 4.35. The van der Waals surface area contributed by atoms with E-state index in [9.17, 15) is 4.79 Å². The molecular weight excluding hydrogens is 396 g/mol. The minimum absolute atomic E-state index is 0.114. The normalized spacial score (nSPS) is 16.2. The van der Waals surface area contributed by atoms with Crippen molar-refractivity contribution in [2.45, 2.75) is 25.4 Å². The van der Waals surface area contributed by atoms with Crippen molar-refractivity contribution in [1.29, 1.82) is 0 Å². The summed E-state index contributed by atoms with van der Waals surface area (Å²) >= 11 is 1.58. The number of fused-ring (bicyclic) bond motifs is 4. The number of thiophene rings is 1. The largest absolute Gasteiger partial charge is 0.488 e. The van der Waals surface area contributed by atoms with Crippen molar-refractivity contribution in [3.05, 3.63) is 70.9 Å². The van der Waals surface area contributed by atoms with Gasteiger partial charge in [0, 0.05) is 35.0 Å². The highest BCUT2D eigenvalue weighted by Crippen LogP contribution is 2.42. The Labute approximate surface area is 177 Å². The van der Waals surface area contributed by atoms with Crippen LogP contribution in [0.3, 0.4) is 0 Å². The Morgan fingerprint density at radius 2 is 1.87 bits per heavy atom. The summed E-state index contributed by atoms with van der Waals surface area (Å²) in [5.74, 6) is 2.06. The van der Waals surface area contributed by atoms with Crippen LogP contribution in [-0.2, 0) is 6.61 Å². The first-order valence-corrected chi connectivity index (χ1v) is 11.1. The molecule has 0 atom stereocenters. The summed E-state index contributed by atoms with van der Waals surface area (Å²) < 4.78 is 11.8. The maximum atomic E-state index is 13.2. The highest BCUT2D eigenvalue weighted by Gasteiger charge is 2.30. The van der Waals surface area contributed by atoms with Crippen LogP contribution in [0.4, 0.5) is 0 Å². The second-order valence-electron chi connectivity index (χ2n) is 7.84. The van der Waals surface area contributed by atoms with Crippen LogP contribution in [0.1, 0.15) is 39.9 Å². The van der Waals surface area contributed by atoms with E-state index >= 15 is 0 Å². The van der Waals surface area contributed by atoms with Crippen LogP contribution >= 0.6 is 11.3 Å². The Bertz CT molecular complexity index is 1220. The van der Waals surface area contributed by atoms with Gasteiger partial charge in [0.15, 0.2) is 11.5 Å². The molecular formula is C24H20N2O3S. The molecule has 0 unspecified atom stereocenters. The summed E-state index contributed by atoms with van der Waals surface area (Å²) in [6.07, 6.45) is 1.74. The molecule has 2 aromatic carbocycles. The lowest BCUT2D eigenvalue weighted by Gasteiger charge is -2.30. The van der Waals surface area contributed by atoms with Gasteiger partial charge in [-0.15, -0.1) is 11.3 Å². The molecule has 2 aromatic heterocycles. The zero-order valence-electron chi connectivity index (χ0n) is 16.3. The number of hydrogen-bond acceptors (Lipinski definition) is 5. The number of carbonyl (C=O) groups excluding carboxylic acids is 1. The summed E-state index contributed by atoms with van der Waals surface area (Å²) in [7, 11) is 0. The first-order chi connectivity index (χ1) is 14.8. The van der Waals surface area contributed by atoms with Crippen LogP contribution in [0.5, 0.6) is 5.75 Å². The van der Waals surface area contributed by atoms with E-state index in [-0.39, 0.29) is 11.8 Å². The third-order valence-electron chi connectivity index (χ3n) is 5.98. The van der Waals surface area contributed by atoms with Crippen molar-refractivity contribution in [3.63, 3.8) is 0 Å². The fourth-order valence-corrected chi connectivity index (χ4v) is 5.52. The van der Waals surface area contributed by atoms with Crippen molar-refractivity contribution in [1.82, 2.24) is 9.88 Å². The van der Waals surface area contributed by atoms with Crippen molar-refractivity contribution >= 4 is 28.3 Å². The third kappa shape index (κ3) is 2.91. The average Bonchev–Trinajstić information content (AvgIpc) is 3.43. The molecule has 6 heteroatoms. The SMILES string of the molecule is O=C(c1cc2c(s1)-c1ccccc1OC2)N1CCC(c2nc3ccccc3o2)CC1. The molecule has 30 heavy (non-hydrogen) atoms. The third-order valence-corrected chi connectivity index (χ3v) is 7.18. The highest BCUT2D eigenvalue weighted by molar-refractivity contribution is 7.17. The summed E-state index contributed by atoms with van der Waals surface area (Å²) in [5.41, 5.74) is 3.91. The molecule has 4 aromatic rings. The van der Waals surface area contributed by atoms with Gasteiger partial charge in [0.05, 0.1) is 4.88 Å². The van der Waals surface area contributed by atoms with Gasteiger partial charge in [-0.05, 0) is 43.2 Å². The summed E-state index contributed by atoms with van der Waals surface area (Å²) in [6.45, 7) is 1.96. The fraction of sp³-hybridized carbons (Fsp3) is 0.250. The molecule has 5 nitrogen and oxygen atoms in total. The predicted molar refractivity (Wildman–Crippen MR) is 116 cm³/mol. The number of benzene rings is 2. The van der Waals surface area contributed by atoms with E-state index in [0.717, 1.165) is 69.6 Å². The molecule has 4 heterocycles. The van der Waals surface area contributed by atoms with Gasteiger partial charge in [-0.3, -0.25) is 4.79 Å². The predicted octanol–water partition coefficient (Wildman–Crippen LogP) is 5.47. The number of aromatic nitrogens is 1. The van der Waals surface area contributed by atoms with Gasteiger partial charge in [-0.25, -0.2) is 4.98 Å². The van der Waals surface area contributed by atoms with Crippen LogP contribution in [0, 0.1) is 0 Å². The molecule has 2 aliphatic rings. The average molecular weight is 417 g/mol. The Hall–Kier alpha value is -3.12. The number of rotatable bonds is 2. The minimum Gasteiger partial charge on any atom is -0.488 e. The van der Waals surface area contributed by atoms with Gasteiger partial charge in [-0.2, -0.15) is 0 Å². The standard InChI is InChI=1S/C24H20N2O3S/c27-24(21-13-16-14-28-19-7-3-1-5-17(19)22(16)30-21)26-11-9-15(10-12-26)23-25-18-6-2-4-8-20(18)29-23/h1-8,13,15H,9-12,14H2. The molecule has 0 saturated carbocycles. The summed E-state index contributed by atoms with van der Waals surface area (Å²) in [6, 6.07) is 17.9. The quantitative estimate of drug-likeness (QED) is 0.435. The minimum atomic E-state index is 0.114. The zero-order valence-corrected chi connectivity index (χ0v) is 17.2. The van der Waals surface area contributed by atoms with Crippen LogP contribution in [0.25, 0.3) is 21.5 Å². The number of para-hydroxylation sites is 3. The van der Waals surface area contributed by atoms with E-state index in [1.807, 2.05) is 53.4 Å². The monoisotopic (exact) mass is 416 g/mol. The number of nitrogens with zero attached hydrogens (tertiary/aromatic N) is 2. The van der Waals surface area contributed by atoms with Crippen LogP contribution in [0.2, 0.25) is 0 Å². The molecule has 0 bridgehead atoms. The van der Waals surface area contributed by atoms with Crippen LogP contribution in [0.15, 0.2) is 59.0 Å². The van der Waals surface area contributed by atoms with E-state index in [4.69, 9.17) is 9.15 Å². The molecule has 0 spiro atoms. The van der Waals surface area contributed by atoms with Crippen molar-refractivity contribution in [3.8, 4) is 16.2 Å². The first-order valence-electron chi connectivity index (χ1n) is 10.3. The van der Waals surface area contributed by atoms with Gasteiger partial charge >= 0.3 is 0 Å². The maximum Gasteiger partial charge on any atom is 0.263 e. The lowest BCUT2D eigenvalue weighted by molar-refractivity contribution is 0.0711. The van der Waals surface area contributed by atoms with Crippen molar-refractivity contribution in [2.24, 2.45) is 0 Å². The van der Waals surface area contributed by atoms with E-state index in [1.165, 1.54) is 0 Å². The number of carbonyl (C=O) groups is 1. The van der Waals surface area contributed by atoms with Gasteiger partial charge in [0.2, 0.25) is 0 Å². The number of piperidine rings is 1.